The molecule has 0 bridgehead atoms. The fraction of sp³-hybridized carbons (Fsp3) is 0.130. The number of carbonyl (C=O) groups is 1. The van der Waals surface area contributed by atoms with E-state index in [4.69, 9.17) is 0 Å². The van der Waals surface area contributed by atoms with E-state index in [0.29, 0.717) is 11.1 Å². The molecule has 3 aromatic carbocycles. The van der Waals surface area contributed by atoms with Gasteiger partial charge >= 0.3 is 6.61 Å². The van der Waals surface area contributed by atoms with Gasteiger partial charge < -0.3 is 10.1 Å². The Morgan fingerprint density at radius 3 is 2.41 bits per heavy atom. The molecule has 6 heteroatoms. The average Bonchev–Trinajstić information content (AvgIpc) is 2.69. The molecule has 0 aliphatic heterocycles. The zero-order chi connectivity index (χ0) is 21.0. The predicted molar refractivity (Wildman–Crippen MR) is 109 cm³/mol. The van der Waals surface area contributed by atoms with Crippen molar-refractivity contribution in [3.63, 3.8) is 0 Å². The molecule has 0 radical (unpaired) electrons. The fourth-order valence-electron chi connectivity index (χ4n) is 3.11. The third-order valence-electron chi connectivity index (χ3n) is 4.52. The van der Waals surface area contributed by atoms with E-state index in [2.05, 4.69) is 10.1 Å². The van der Waals surface area contributed by atoms with E-state index in [-0.39, 0.29) is 16.9 Å². The van der Waals surface area contributed by atoms with Gasteiger partial charge in [-0.05, 0) is 47.9 Å². The van der Waals surface area contributed by atoms with Gasteiger partial charge in [-0.15, -0.1) is 0 Å². The van der Waals surface area contributed by atoms with Gasteiger partial charge in [-0.3, -0.25) is 4.79 Å². The van der Waals surface area contributed by atoms with Crippen LogP contribution in [0.5, 0.6) is 5.75 Å². The summed E-state index contributed by atoms with van der Waals surface area (Å²) >= 11 is 0. The second-order valence-electron chi connectivity index (χ2n) is 6.47. The summed E-state index contributed by atoms with van der Waals surface area (Å²) in [7, 11) is 0. The second kappa shape index (κ2) is 8.53. The van der Waals surface area contributed by atoms with Crippen LogP contribution in [0, 0.1) is 25.2 Å². The Morgan fingerprint density at radius 2 is 1.76 bits per heavy atom. The number of ether oxygens (including phenoxy) is 1. The molecule has 1 N–H and O–H groups in total. The van der Waals surface area contributed by atoms with Gasteiger partial charge in [0.25, 0.3) is 5.91 Å². The molecule has 3 aromatic rings. The Bertz CT molecular complexity index is 1130. The number of nitrogens with one attached hydrogen (secondary N) is 1. The molecule has 0 aliphatic rings. The molecule has 0 heterocycles. The summed E-state index contributed by atoms with van der Waals surface area (Å²) < 4.78 is 30.4. The number of nitrogens with zero attached hydrogens (tertiary/aromatic N) is 1. The highest BCUT2D eigenvalue weighted by Gasteiger charge is 2.16. The van der Waals surface area contributed by atoms with E-state index in [9.17, 15) is 18.8 Å². The van der Waals surface area contributed by atoms with Crippen molar-refractivity contribution in [3.05, 3.63) is 76.9 Å². The monoisotopic (exact) mass is 392 g/mol. The minimum atomic E-state index is -3.03. The van der Waals surface area contributed by atoms with Gasteiger partial charge in [0.2, 0.25) is 0 Å². The Kier molecular flexibility index (Phi) is 5.89. The number of halogens is 2. The molecular formula is C23H18F2N2O2. The van der Waals surface area contributed by atoms with Crippen LogP contribution < -0.4 is 10.1 Å². The van der Waals surface area contributed by atoms with Crippen molar-refractivity contribution in [2.75, 3.05) is 5.32 Å². The van der Waals surface area contributed by atoms with Crippen molar-refractivity contribution in [2.45, 2.75) is 20.5 Å². The van der Waals surface area contributed by atoms with Gasteiger partial charge in [0.15, 0.2) is 0 Å². The quantitative estimate of drug-likeness (QED) is 0.454. The molecule has 0 spiro atoms. The van der Waals surface area contributed by atoms with Gasteiger partial charge in [0, 0.05) is 11.3 Å². The van der Waals surface area contributed by atoms with Crippen LogP contribution in [0.2, 0.25) is 0 Å². The Morgan fingerprint density at radius 1 is 1.07 bits per heavy atom. The number of amides is 1. The third-order valence-corrected chi connectivity index (χ3v) is 4.52. The summed E-state index contributed by atoms with van der Waals surface area (Å²) in [5.74, 6) is -0.729. The highest BCUT2D eigenvalue weighted by molar-refractivity contribution is 6.11. The molecule has 1 amide bonds. The summed E-state index contributed by atoms with van der Waals surface area (Å²) in [5.41, 5.74) is 2.34. The van der Waals surface area contributed by atoms with Crippen molar-refractivity contribution < 1.29 is 18.3 Å². The summed E-state index contributed by atoms with van der Waals surface area (Å²) in [5, 5.41) is 13.7. The summed E-state index contributed by atoms with van der Waals surface area (Å²) in [6, 6.07) is 17.5. The van der Waals surface area contributed by atoms with Crippen molar-refractivity contribution in [3.8, 4) is 11.8 Å². The van der Waals surface area contributed by atoms with Crippen LogP contribution in [0.1, 0.15) is 16.7 Å². The van der Waals surface area contributed by atoms with Crippen molar-refractivity contribution in [1.29, 1.82) is 5.26 Å². The summed E-state index contributed by atoms with van der Waals surface area (Å²) in [4.78, 5) is 12.7. The zero-order valence-electron chi connectivity index (χ0n) is 15.9. The van der Waals surface area contributed by atoms with E-state index in [1.54, 1.807) is 18.2 Å². The minimum Gasteiger partial charge on any atom is -0.434 e. The maximum Gasteiger partial charge on any atom is 0.387 e. The number of aryl methyl sites for hydroxylation is 2. The van der Waals surface area contributed by atoms with E-state index in [1.165, 1.54) is 12.1 Å². The predicted octanol–water partition coefficient (Wildman–Crippen LogP) is 5.60. The molecule has 0 unspecified atom stereocenters. The Hall–Kier alpha value is -3.72. The van der Waals surface area contributed by atoms with Gasteiger partial charge in [-0.1, -0.05) is 48.5 Å². The third kappa shape index (κ3) is 4.41. The van der Waals surface area contributed by atoms with Gasteiger partial charge in [-0.2, -0.15) is 14.0 Å². The van der Waals surface area contributed by atoms with Crippen LogP contribution in [0.15, 0.2) is 60.2 Å². The molecule has 0 fully saturated rings. The van der Waals surface area contributed by atoms with Gasteiger partial charge in [0.1, 0.15) is 17.4 Å². The number of alkyl halides is 2. The van der Waals surface area contributed by atoms with Crippen molar-refractivity contribution in [2.24, 2.45) is 0 Å². The van der Waals surface area contributed by atoms with Crippen LogP contribution in [-0.2, 0) is 4.79 Å². The van der Waals surface area contributed by atoms with Crippen LogP contribution in [-0.4, -0.2) is 12.5 Å². The molecule has 0 saturated heterocycles. The van der Waals surface area contributed by atoms with Crippen molar-refractivity contribution in [1.82, 2.24) is 0 Å². The molecule has 0 aromatic heterocycles. The highest BCUT2D eigenvalue weighted by atomic mass is 19.3. The van der Waals surface area contributed by atoms with E-state index in [0.717, 1.165) is 16.5 Å². The Balaban J connectivity index is 2.08. The first-order chi connectivity index (χ1) is 13.9. The molecular weight excluding hydrogens is 374 g/mol. The number of benzene rings is 3. The average molecular weight is 392 g/mol. The zero-order valence-corrected chi connectivity index (χ0v) is 15.9. The lowest BCUT2D eigenvalue weighted by molar-refractivity contribution is -0.112. The maximum absolute atomic E-state index is 12.9. The second-order valence-corrected chi connectivity index (χ2v) is 6.47. The largest absolute Gasteiger partial charge is 0.434 e. The molecule has 29 heavy (non-hydrogen) atoms. The number of anilines is 1. The van der Waals surface area contributed by atoms with Crippen LogP contribution in [0.4, 0.5) is 14.5 Å². The normalized spacial score (nSPS) is 11.4. The van der Waals surface area contributed by atoms with Crippen LogP contribution in [0.25, 0.3) is 16.8 Å². The summed E-state index contributed by atoms with van der Waals surface area (Å²) in [6.45, 7) is 0.660. The molecule has 4 nitrogen and oxygen atoms in total. The van der Waals surface area contributed by atoms with Crippen LogP contribution >= 0.6 is 0 Å². The number of para-hydroxylation sites is 1. The first kappa shape index (κ1) is 20.0. The molecule has 146 valence electrons. The lowest BCUT2D eigenvalue weighted by Gasteiger charge is -2.13. The van der Waals surface area contributed by atoms with Gasteiger partial charge in [-0.25, -0.2) is 0 Å². The smallest absolute Gasteiger partial charge is 0.387 e. The molecule has 0 atom stereocenters. The number of carbonyl (C=O) groups excluding carboxylic acids is 1. The molecule has 0 saturated carbocycles. The van der Waals surface area contributed by atoms with E-state index < -0.39 is 12.5 Å². The number of hydrogen-bond donors (Lipinski definition) is 1. The highest BCUT2D eigenvalue weighted by Crippen LogP contribution is 2.31. The molecule has 0 aliphatic carbocycles. The molecule has 3 rings (SSSR count). The first-order valence-electron chi connectivity index (χ1n) is 8.86. The van der Waals surface area contributed by atoms with Crippen molar-refractivity contribution >= 4 is 28.4 Å². The Labute approximate surface area is 167 Å². The number of fused-ring (bicyclic) bond motifs is 1. The minimum absolute atomic E-state index is 0.105. The van der Waals surface area contributed by atoms with Gasteiger partial charge in [0.05, 0.1) is 0 Å². The number of nitriles is 1. The lowest BCUT2D eigenvalue weighted by Crippen LogP contribution is -2.15. The summed E-state index contributed by atoms with van der Waals surface area (Å²) in [6.07, 6.45) is 1.28. The van der Waals surface area contributed by atoms with Crippen LogP contribution in [0.3, 0.4) is 0 Å². The van der Waals surface area contributed by atoms with E-state index in [1.807, 2.05) is 50.2 Å². The first-order valence-corrected chi connectivity index (χ1v) is 8.86. The number of hydrogen-bond acceptors (Lipinski definition) is 3. The standard InChI is InChI=1S/C23H18F2N2O2/c1-14-6-5-7-15(2)21(14)27-22(28)17(13-26)12-19-18-9-4-3-8-16(18)10-11-20(19)29-23(24)25/h3-12,23H,1-2H3,(H,27,28)/b17-12+. The lowest BCUT2D eigenvalue weighted by atomic mass is 10.0. The number of rotatable bonds is 5. The fourth-order valence-corrected chi connectivity index (χ4v) is 3.11. The SMILES string of the molecule is Cc1cccc(C)c1NC(=O)/C(C#N)=C/c1c(OC(F)F)ccc2ccccc12. The maximum atomic E-state index is 12.9. The topological polar surface area (TPSA) is 62.1 Å². The van der Waals surface area contributed by atoms with E-state index >= 15 is 0 Å².